The minimum absolute atomic E-state index is 0.265. The Morgan fingerprint density at radius 3 is 2.49 bits per heavy atom. The highest BCUT2D eigenvalue weighted by Gasteiger charge is 2.27. The number of fused-ring (bicyclic) bond motifs is 1. The monoisotopic (exact) mass is 521 g/mol. The van der Waals surface area contributed by atoms with Gasteiger partial charge in [0.2, 0.25) is 0 Å². The van der Waals surface area contributed by atoms with E-state index in [4.69, 9.17) is 11.6 Å². The van der Waals surface area contributed by atoms with Gasteiger partial charge in [0.25, 0.3) is 0 Å². The molecule has 0 atom stereocenters. The van der Waals surface area contributed by atoms with Crippen LogP contribution in [0.3, 0.4) is 0 Å². The number of allylic oxidation sites excluding steroid dienone is 1. The number of rotatable bonds is 8. The molecule has 5 rings (SSSR count). The van der Waals surface area contributed by atoms with E-state index in [0.29, 0.717) is 23.8 Å². The van der Waals surface area contributed by atoms with Gasteiger partial charge in [-0.25, -0.2) is 9.18 Å². The van der Waals surface area contributed by atoms with Crippen LogP contribution in [0.25, 0.3) is 11.1 Å². The van der Waals surface area contributed by atoms with Gasteiger partial charge in [-0.3, -0.25) is 4.39 Å². The molecule has 1 aliphatic carbocycles. The Labute approximate surface area is 221 Å². The second kappa shape index (κ2) is 11.2. The maximum absolute atomic E-state index is 15.0. The van der Waals surface area contributed by atoms with Crippen LogP contribution >= 0.6 is 11.6 Å². The number of carboxylic acids is 1. The zero-order valence-electron chi connectivity index (χ0n) is 20.7. The molecule has 37 heavy (non-hydrogen) atoms. The van der Waals surface area contributed by atoms with Gasteiger partial charge in [-0.15, -0.1) is 0 Å². The maximum Gasteiger partial charge on any atom is 0.338 e. The Morgan fingerprint density at radius 2 is 1.78 bits per heavy atom. The summed E-state index contributed by atoms with van der Waals surface area (Å²) in [6.07, 6.45) is 3.78. The van der Waals surface area contributed by atoms with Gasteiger partial charge in [-0.2, -0.15) is 0 Å². The zero-order chi connectivity index (χ0) is 25.9. The number of aromatic carboxylic acids is 1. The van der Waals surface area contributed by atoms with Gasteiger partial charge in [0.1, 0.15) is 5.82 Å². The number of hydrogen-bond donors (Lipinski definition) is 1. The van der Waals surface area contributed by atoms with E-state index in [1.807, 2.05) is 24.3 Å². The summed E-state index contributed by atoms with van der Waals surface area (Å²) in [5.74, 6) is -1.42. The predicted molar refractivity (Wildman–Crippen MR) is 144 cm³/mol. The molecule has 1 saturated heterocycles. The van der Waals surface area contributed by atoms with Crippen LogP contribution in [-0.2, 0) is 12.8 Å². The van der Waals surface area contributed by atoms with Crippen LogP contribution in [-0.4, -0.2) is 42.3 Å². The van der Waals surface area contributed by atoms with Gasteiger partial charge < -0.3 is 10.0 Å². The highest BCUT2D eigenvalue weighted by Crippen LogP contribution is 2.42. The van der Waals surface area contributed by atoms with Crippen molar-refractivity contribution in [2.45, 2.75) is 32.1 Å². The summed E-state index contributed by atoms with van der Waals surface area (Å²) >= 11 is 6.63. The molecule has 0 radical (unpaired) electrons. The van der Waals surface area contributed by atoms with Crippen molar-refractivity contribution in [3.63, 3.8) is 0 Å². The number of aryl methyl sites for hydroxylation is 1. The van der Waals surface area contributed by atoms with Gasteiger partial charge in [0.15, 0.2) is 0 Å². The summed E-state index contributed by atoms with van der Waals surface area (Å²) in [6.45, 7) is 2.56. The van der Waals surface area contributed by atoms with Crippen LogP contribution in [0.1, 0.15) is 57.4 Å². The second-order valence-corrected chi connectivity index (χ2v) is 10.5. The number of benzene rings is 3. The molecule has 3 aromatic rings. The van der Waals surface area contributed by atoms with Crippen LogP contribution in [0.2, 0.25) is 5.02 Å². The number of carbonyl (C=O) groups is 1. The van der Waals surface area contributed by atoms with E-state index in [0.717, 1.165) is 72.3 Å². The lowest BCUT2D eigenvalue weighted by atomic mass is 9.86. The lowest BCUT2D eigenvalue weighted by Crippen LogP contribution is -2.47. The third-order valence-electron chi connectivity index (χ3n) is 7.47. The third kappa shape index (κ3) is 5.48. The summed E-state index contributed by atoms with van der Waals surface area (Å²) in [4.78, 5) is 13.9. The standard InChI is InChI=1S/C31H30ClF2NO2/c32-28-8-2-1-6-24(28)25-7-3-5-23-16-27(31(36)37)29(34)17-26(23)30(25)22-11-9-20(10-12-22)15-21-18-35(19-21)14-4-13-33/h1-2,6,8-12,16-17,21H,3-5,7,13-15,18-19H2,(H,36,37). The molecule has 3 aromatic carbocycles. The average Bonchev–Trinajstić information content (AvgIpc) is 3.04. The first-order chi connectivity index (χ1) is 17.9. The van der Waals surface area contributed by atoms with E-state index in [2.05, 4.69) is 29.2 Å². The van der Waals surface area contributed by atoms with Crippen molar-refractivity contribution in [3.05, 3.63) is 105 Å². The van der Waals surface area contributed by atoms with E-state index >= 15 is 0 Å². The van der Waals surface area contributed by atoms with E-state index in [1.54, 1.807) is 0 Å². The van der Waals surface area contributed by atoms with Gasteiger partial charge in [-0.05, 0) is 95.2 Å². The maximum atomic E-state index is 15.0. The molecule has 1 fully saturated rings. The topological polar surface area (TPSA) is 40.5 Å². The molecule has 0 spiro atoms. The number of nitrogens with zero attached hydrogens (tertiary/aromatic N) is 1. The molecule has 1 heterocycles. The highest BCUT2D eigenvalue weighted by molar-refractivity contribution is 6.32. The largest absolute Gasteiger partial charge is 0.478 e. The Hall–Kier alpha value is -3.02. The molecule has 0 bridgehead atoms. The van der Waals surface area contributed by atoms with Crippen molar-refractivity contribution in [2.24, 2.45) is 5.92 Å². The normalized spacial score (nSPS) is 16.3. The van der Waals surface area contributed by atoms with Crippen LogP contribution in [0.15, 0.2) is 60.7 Å². The third-order valence-corrected chi connectivity index (χ3v) is 7.80. The van der Waals surface area contributed by atoms with Crippen molar-refractivity contribution in [3.8, 4) is 0 Å². The average molecular weight is 522 g/mol. The number of alkyl halides is 1. The predicted octanol–water partition coefficient (Wildman–Crippen LogP) is 7.31. The molecular weight excluding hydrogens is 492 g/mol. The minimum Gasteiger partial charge on any atom is -0.478 e. The van der Waals surface area contributed by atoms with Crippen molar-refractivity contribution in [1.29, 1.82) is 0 Å². The van der Waals surface area contributed by atoms with Crippen molar-refractivity contribution in [2.75, 3.05) is 26.3 Å². The number of hydrogen-bond acceptors (Lipinski definition) is 2. The van der Waals surface area contributed by atoms with Crippen molar-refractivity contribution >= 4 is 28.7 Å². The summed E-state index contributed by atoms with van der Waals surface area (Å²) in [5.41, 5.74) is 6.33. The van der Waals surface area contributed by atoms with E-state index in [9.17, 15) is 18.7 Å². The summed E-state index contributed by atoms with van der Waals surface area (Å²) in [5, 5.41) is 10.1. The molecule has 192 valence electrons. The van der Waals surface area contributed by atoms with E-state index in [-0.39, 0.29) is 12.2 Å². The van der Waals surface area contributed by atoms with Gasteiger partial charge in [0, 0.05) is 24.7 Å². The molecule has 1 aliphatic heterocycles. The first kappa shape index (κ1) is 25.6. The van der Waals surface area contributed by atoms with Crippen LogP contribution in [0.4, 0.5) is 8.78 Å². The Balaban J connectivity index is 1.52. The Morgan fingerprint density at radius 1 is 1.03 bits per heavy atom. The lowest BCUT2D eigenvalue weighted by molar-refractivity contribution is 0.0691. The molecule has 2 aliphatic rings. The van der Waals surface area contributed by atoms with Gasteiger partial charge in [-0.1, -0.05) is 54.1 Å². The highest BCUT2D eigenvalue weighted by atomic mass is 35.5. The minimum atomic E-state index is -1.26. The molecule has 0 unspecified atom stereocenters. The van der Waals surface area contributed by atoms with Gasteiger partial charge in [0.05, 0.1) is 12.2 Å². The van der Waals surface area contributed by atoms with Crippen molar-refractivity contribution in [1.82, 2.24) is 4.90 Å². The lowest BCUT2D eigenvalue weighted by Gasteiger charge is -2.39. The Bertz CT molecular complexity index is 1330. The fourth-order valence-corrected chi connectivity index (χ4v) is 5.93. The second-order valence-electron chi connectivity index (χ2n) is 10.1. The molecule has 0 aromatic heterocycles. The SMILES string of the molecule is O=C(O)c1cc2c(cc1F)C(c1ccc(CC3CN(CCCF)C3)cc1)=C(c1ccccc1Cl)CCC2. The quantitative estimate of drug-likeness (QED) is 0.338. The molecule has 3 nitrogen and oxygen atoms in total. The number of likely N-dealkylation sites (tertiary alicyclic amines) is 1. The first-order valence-corrected chi connectivity index (χ1v) is 13.2. The molecular formula is C31H30ClF2NO2. The molecule has 6 heteroatoms. The van der Waals surface area contributed by atoms with E-state index < -0.39 is 11.8 Å². The zero-order valence-corrected chi connectivity index (χ0v) is 21.4. The molecule has 0 saturated carbocycles. The summed E-state index contributed by atoms with van der Waals surface area (Å²) < 4.78 is 27.4. The fraction of sp³-hybridized carbons (Fsp3) is 0.323. The fourth-order valence-electron chi connectivity index (χ4n) is 5.68. The first-order valence-electron chi connectivity index (χ1n) is 12.9. The summed E-state index contributed by atoms with van der Waals surface area (Å²) in [6, 6.07) is 19.0. The molecule has 0 amide bonds. The van der Waals surface area contributed by atoms with E-state index in [1.165, 1.54) is 17.7 Å². The number of halogens is 3. The Kier molecular flexibility index (Phi) is 7.73. The smallest absolute Gasteiger partial charge is 0.338 e. The van der Waals surface area contributed by atoms with Gasteiger partial charge >= 0.3 is 5.97 Å². The number of carboxylic acid groups (broad SMARTS) is 1. The molecule has 1 N–H and O–H groups in total. The summed E-state index contributed by atoms with van der Waals surface area (Å²) in [7, 11) is 0. The van der Waals surface area contributed by atoms with Crippen molar-refractivity contribution < 1.29 is 18.7 Å². The van der Waals surface area contributed by atoms with Crippen LogP contribution < -0.4 is 0 Å². The van der Waals surface area contributed by atoms with Crippen LogP contribution in [0.5, 0.6) is 0 Å². The van der Waals surface area contributed by atoms with Crippen LogP contribution in [0, 0.1) is 11.7 Å².